The molecule has 6 heteroatoms. The van der Waals surface area contributed by atoms with Gasteiger partial charge in [-0.25, -0.2) is 15.0 Å². The Morgan fingerprint density at radius 2 is 2.05 bits per heavy atom. The number of hydrogen-bond donors (Lipinski definition) is 2. The molecule has 0 aliphatic carbocycles. The van der Waals surface area contributed by atoms with Gasteiger partial charge < -0.3 is 10.3 Å². The van der Waals surface area contributed by atoms with E-state index >= 15 is 0 Å². The van der Waals surface area contributed by atoms with Crippen molar-refractivity contribution in [1.82, 2.24) is 19.9 Å². The van der Waals surface area contributed by atoms with Crippen molar-refractivity contribution in [2.75, 3.05) is 5.32 Å². The molecule has 1 atom stereocenters. The lowest BCUT2D eigenvalue weighted by Gasteiger charge is -2.17. The van der Waals surface area contributed by atoms with E-state index in [-0.39, 0.29) is 17.1 Å². The Bertz CT molecular complexity index is 800. The third kappa shape index (κ3) is 2.74. The van der Waals surface area contributed by atoms with Crippen molar-refractivity contribution < 1.29 is 0 Å². The number of nitrogens with one attached hydrogen (secondary N) is 2. The molecule has 0 spiro atoms. The van der Waals surface area contributed by atoms with E-state index < -0.39 is 0 Å². The number of fused-ring (bicyclic) bond motifs is 1. The van der Waals surface area contributed by atoms with E-state index in [1.54, 1.807) is 6.20 Å². The van der Waals surface area contributed by atoms with E-state index in [2.05, 4.69) is 44.3 Å². The van der Waals surface area contributed by atoms with Crippen molar-refractivity contribution in [2.24, 2.45) is 0 Å². The van der Waals surface area contributed by atoms with Gasteiger partial charge in [0.05, 0.1) is 18.6 Å². The first-order valence-electron chi connectivity index (χ1n) is 6.80. The molecule has 0 unspecified atom stereocenters. The van der Waals surface area contributed by atoms with Gasteiger partial charge in [0, 0.05) is 0 Å². The molecule has 6 nitrogen and oxygen atoms in total. The van der Waals surface area contributed by atoms with Crippen molar-refractivity contribution in [1.29, 1.82) is 0 Å². The average Bonchev–Trinajstić information content (AvgIpc) is 2.54. The van der Waals surface area contributed by atoms with Gasteiger partial charge in [0.25, 0.3) is 5.56 Å². The highest BCUT2D eigenvalue weighted by atomic mass is 16.1. The molecule has 0 bridgehead atoms. The number of H-pyrrole nitrogens is 1. The van der Waals surface area contributed by atoms with Gasteiger partial charge in [-0.2, -0.15) is 0 Å². The lowest BCUT2D eigenvalue weighted by Crippen LogP contribution is -2.14. The molecule has 0 radical (unpaired) electrons. The Morgan fingerprint density at radius 3 is 2.81 bits per heavy atom. The van der Waals surface area contributed by atoms with Crippen molar-refractivity contribution >= 4 is 17.0 Å². The van der Waals surface area contributed by atoms with Gasteiger partial charge in [0.15, 0.2) is 11.2 Å². The second kappa shape index (κ2) is 5.70. The van der Waals surface area contributed by atoms with E-state index in [1.165, 1.54) is 11.9 Å². The van der Waals surface area contributed by atoms with Crippen LogP contribution in [0.1, 0.15) is 24.9 Å². The number of aromatic amines is 1. The van der Waals surface area contributed by atoms with E-state index in [4.69, 9.17) is 0 Å². The largest absolute Gasteiger partial charge is 0.362 e. The smallest absolute Gasteiger partial charge is 0.278 e. The van der Waals surface area contributed by atoms with Crippen LogP contribution in [0.4, 0.5) is 5.82 Å². The fraction of sp³-hybridized carbons (Fsp3) is 0.200. The molecule has 2 N–H and O–H groups in total. The Kier molecular flexibility index (Phi) is 3.59. The van der Waals surface area contributed by atoms with Crippen LogP contribution >= 0.6 is 0 Å². The molecule has 2 aromatic heterocycles. The summed E-state index contributed by atoms with van der Waals surface area (Å²) in [5, 5.41) is 3.31. The summed E-state index contributed by atoms with van der Waals surface area (Å²) in [6.07, 6.45) is 3.82. The van der Waals surface area contributed by atoms with Crippen LogP contribution in [0.3, 0.4) is 0 Å². The molecule has 0 aliphatic heterocycles. The molecule has 0 saturated heterocycles. The average molecular weight is 281 g/mol. The van der Waals surface area contributed by atoms with Crippen LogP contribution in [-0.2, 0) is 0 Å². The van der Waals surface area contributed by atoms with Crippen molar-refractivity contribution in [3.8, 4) is 0 Å². The number of benzene rings is 1. The van der Waals surface area contributed by atoms with E-state index in [9.17, 15) is 4.79 Å². The molecule has 0 fully saturated rings. The third-order valence-electron chi connectivity index (χ3n) is 3.28. The van der Waals surface area contributed by atoms with Crippen LogP contribution in [0.15, 0.2) is 47.7 Å². The minimum Gasteiger partial charge on any atom is -0.362 e. The lowest BCUT2D eigenvalue weighted by atomic mass is 10.1. The minimum absolute atomic E-state index is 0.119. The number of aromatic nitrogens is 4. The Labute approximate surface area is 121 Å². The third-order valence-corrected chi connectivity index (χ3v) is 3.28. The Hall–Kier alpha value is -2.76. The van der Waals surface area contributed by atoms with Gasteiger partial charge in [0.1, 0.15) is 5.82 Å². The number of hydrogen-bond acceptors (Lipinski definition) is 5. The molecule has 1 aromatic carbocycles. The van der Waals surface area contributed by atoms with Crippen molar-refractivity contribution in [3.05, 3.63) is 58.8 Å². The van der Waals surface area contributed by atoms with Crippen LogP contribution in [0.25, 0.3) is 11.2 Å². The summed E-state index contributed by atoms with van der Waals surface area (Å²) in [6.45, 7) is 2.09. The van der Waals surface area contributed by atoms with E-state index in [0.29, 0.717) is 11.5 Å². The van der Waals surface area contributed by atoms with Crippen molar-refractivity contribution in [2.45, 2.75) is 19.4 Å². The molecule has 3 rings (SSSR count). The zero-order valence-corrected chi connectivity index (χ0v) is 11.6. The normalized spacial score (nSPS) is 12.2. The van der Waals surface area contributed by atoms with Crippen molar-refractivity contribution in [3.63, 3.8) is 0 Å². The fourth-order valence-electron chi connectivity index (χ4n) is 2.20. The first-order chi connectivity index (χ1) is 10.3. The summed E-state index contributed by atoms with van der Waals surface area (Å²) in [4.78, 5) is 26.7. The van der Waals surface area contributed by atoms with E-state index in [1.807, 2.05) is 18.2 Å². The summed E-state index contributed by atoms with van der Waals surface area (Å²) in [6, 6.07) is 10.2. The summed E-state index contributed by atoms with van der Waals surface area (Å²) >= 11 is 0. The zero-order valence-electron chi connectivity index (χ0n) is 11.6. The second-order valence-electron chi connectivity index (χ2n) is 4.67. The topological polar surface area (TPSA) is 83.6 Å². The maximum atomic E-state index is 11.7. The molecule has 106 valence electrons. The highest BCUT2D eigenvalue weighted by molar-refractivity contribution is 5.69. The summed E-state index contributed by atoms with van der Waals surface area (Å²) < 4.78 is 0. The maximum Gasteiger partial charge on any atom is 0.278 e. The minimum atomic E-state index is -0.288. The van der Waals surface area contributed by atoms with Crippen LogP contribution in [0.2, 0.25) is 0 Å². The highest BCUT2D eigenvalue weighted by Gasteiger charge is 2.11. The van der Waals surface area contributed by atoms with Crippen LogP contribution in [-0.4, -0.2) is 19.9 Å². The fourth-order valence-corrected chi connectivity index (χ4v) is 2.20. The summed E-state index contributed by atoms with van der Waals surface area (Å²) in [5.41, 5.74) is 1.47. The number of rotatable bonds is 4. The second-order valence-corrected chi connectivity index (χ2v) is 4.67. The molecule has 0 saturated carbocycles. The molecule has 2 heterocycles. The predicted octanol–water partition coefficient (Wildman–Crippen LogP) is 2.28. The first kappa shape index (κ1) is 13.2. The van der Waals surface area contributed by atoms with Gasteiger partial charge in [-0.1, -0.05) is 37.3 Å². The molecular weight excluding hydrogens is 266 g/mol. The van der Waals surface area contributed by atoms with Gasteiger partial charge in [-0.3, -0.25) is 4.79 Å². The Balaban J connectivity index is 1.94. The molecule has 0 amide bonds. The van der Waals surface area contributed by atoms with Crippen LogP contribution in [0.5, 0.6) is 0 Å². The van der Waals surface area contributed by atoms with Gasteiger partial charge in [-0.15, -0.1) is 0 Å². The first-order valence-corrected chi connectivity index (χ1v) is 6.80. The summed E-state index contributed by atoms with van der Waals surface area (Å²) in [5.74, 6) is 0.566. The zero-order chi connectivity index (χ0) is 14.7. The number of nitrogens with zero attached hydrogens (tertiary/aromatic N) is 3. The molecular formula is C15H15N5O. The van der Waals surface area contributed by atoms with Gasteiger partial charge >= 0.3 is 0 Å². The Morgan fingerprint density at radius 1 is 1.24 bits per heavy atom. The molecule has 0 aliphatic rings. The molecule has 3 aromatic rings. The van der Waals surface area contributed by atoms with Gasteiger partial charge in [0.2, 0.25) is 0 Å². The lowest BCUT2D eigenvalue weighted by molar-refractivity contribution is 0.744. The monoisotopic (exact) mass is 281 g/mol. The standard InChI is InChI=1S/C15H15N5O/c1-2-11(10-6-4-3-5-7-10)19-12-8-16-14-13(20-12)15(21)18-9-17-14/h3-9,11H,2H2,1H3,(H,19,20)(H,16,17,18,21)/t11-/m1/s1. The molecule has 21 heavy (non-hydrogen) atoms. The van der Waals surface area contributed by atoms with Crippen LogP contribution < -0.4 is 10.9 Å². The van der Waals surface area contributed by atoms with Gasteiger partial charge in [-0.05, 0) is 12.0 Å². The highest BCUT2D eigenvalue weighted by Crippen LogP contribution is 2.21. The maximum absolute atomic E-state index is 11.7. The quantitative estimate of drug-likeness (QED) is 0.766. The summed E-state index contributed by atoms with van der Waals surface area (Å²) in [7, 11) is 0. The SMILES string of the molecule is CC[C@@H](Nc1cnc2nc[nH]c(=O)c2n1)c1ccccc1. The van der Waals surface area contributed by atoms with E-state index in [0.717, 1.165) is 6.42 Å². The van der Waals surface area contributed by atoms with Crippen LogP contribution in [0, 0.1) is 0 Å². The number of anilines is 1. The predicted molar refractivity (Wildman–Crippen MR) is 81.1 cm³/mol.